The Labute approximate surface area is 76.4 Å². The second-order valence-electron chi connectivity index (χ2n) is 2.71. The van der Waals surface area contributed by atoms with E-state index in [9.17, 15) is 8.42 Å². The average molecular weight is 200 g/mol. The van der Waals surface area contributed by atoms with Gasteiger partial charge in [0.25, 0.3) is 0 Å². The highest BCUT2D eigenvalue weighted by Crippen LogP contribution is 2.36. The highest BCUT2D eigenvalue weighted by Gasteiger charge is 2.27. The maximum atomic E-state index is 10.8. The summed E-state index contributed by atoms with van der Waals surface area (Å²) in [5.74, 6) is 0.538. The molecule has 4 nitrogen and oxygen atoms in total. The molecular weight excluding hydrogens is 192 g/mol. The van der Waals surface area contributed by atoms with Gasteiger partial charge in [-0.2, -0.15) is 0 Å². The first kappa shape index (κ1) is 8.37. The third kappa shape index (κ3) is 1.47. The Morgan fingerprint density at radius 1 is 1.23 bits per heavy atom. The monoisotopic (exact) mass is 200 g/mol. The van der Waals surface area contributed by atoms with Gasteiger partial charge in [-0.15, -0.1) is 8.42 Å². The topological polar surface area (TPSA) is 52.6 Å². The average Bonchev–Trinajstić information content (AvgIpc) is 2.36. The largest absolute Gasteiger partial charge is 0.501 e. The van der Waals surface area contributed by atoms with Crippen LogP contribution in [0.25, 0.3) is 0 Å². The van der Waals surface area contributed by atoms with Gasteiger partial charge >= 0.3 is 10.4 Å². The first-order valence-electron chi connectivity index (χ1n) is 3.87. The number of hydrogen-bond donors (Lipinski definition) is 0. The van der Waals surface area contributed by atoms with Gasteiger partial charge in [-0.25, -0.2) is 0 Å². The van der Waals surface area contributed by atoms with Crippen LogP contribution in [0.15, 0.2) is 18.2 Å². The minimum atomic E-state index is -3.83. The number of benzene rings is 1. The molecule has 0 atom stereocenters. The lowest BCUT2D eigenvalue weighted by Crippen LogP contribution is -2.07. The van der Waals surface area contributed by atoms with E-state index >= 15 is 0 Å². The summed E-state index contributed by atoms with van der Waals surface area (Å²) >= 11 is 0. The van der Waals surface area contributed by atoms with Crippen molar-refractivity contribution in [3.05, 3.63) is 23.8 Å². The van der Waals surface area contributed by atoms with Crippen molar-refractivity contribution in [1.29, 1.82) is 0 Å². The molecule has 0 spiro atoms. The second-order valence-corrected chi connectivity index (χ2v) is 3.86. The molecule has 5 heteroatoms. The SMILES string of the molecule is CCc1ccc2c(c1)OS(=O)(=O)O2. The van der Waals surface area contributed by atoms with E-state index in [1.807, 2.05) is 13.0 Å². The van der Waals surface area contributed by atoms with Gasteiger partial charge < -0.3 is 8.37 Å². The fourth-order valence-electron chi connectivity index (χ4n) is 1.14. The molecule has 0 aliphatic carbocycles. The van der Waals surface area contributed by atoms with Gasteiger partial charge in [0, 0.05) is 0 Å². The third-order valence-electron chi connectivity index (χ3n) is 1.80. The zero-order valence-corrected chi connectivity index (χ0v) is 7.80. The predicted molar refractivity (Wildman–Crippen MR) is 46.0 cm³/mol. The summed E-state index contributed by atoms with van der Waals surface area (Å²) in [6, 6.07) is 5.07. The van der Waals surface area contributed by atoms with Gasteiger partial charge in [-0.1, -0.05) is 13.0 Å². The fourth-order valence-corrected chi connectivity index (χ4v) is 1.89. The van der Waals surface area contributed by atoms with E-state index < -0.39 is 10.4 Å². The third-order valence-corrected chi connectivity index (χ3v) is 2.57. The molecule has 1 heterocycles. The Morgan fingerprint density at radius 3 is 2.62 bits per heavy atom. The van der Waals surface area contributed by atoms with Gasteiger partial charge in [-0.05, 0) is 24.1 Å². The van der Waals surface area contributed by atoms with Crippen molar-refractivity contribution >= 4 is 10.4 Å². The van der Waals surface area contributed by atoms with Crippen LogP contribution >= 0.6 is 0 Å². The molecule has 1 aliphatic heterocycles. The van der Waals surface area contributed by atoms with E-state index in [4.69, 9.17) is 0 Å². The fraction of sp³-hybridized carbons (Fsp3) is 0.250. The summed E-state index contributed by atoms with van der Waals surface area (Å²) in [6.07, 6.45) is 0.830. The first-order valence-corrected chi connectivity index (χ1v) is 5.21. The van der Waals surface area contributed by atoms with Gasteiger partial charge in [0.15, 0.2) is 11.5 Å². The van der Waals surface area contributed by atoms with Crippen molar-refractivity contribution in [2.45, 2.75) is 13.3 Å². The smallest absolute Gasteiger partial charge is 0.349 e. The quantitative estimate of drug-likeness (QED) is 0.685. The molecule has 1 aliphatic rings. The van der Waals surface area contributed by atoms with Crippen molar-refractivity contribution in [1.82, 2.24) is 0 Å². The van der Waals surface area contributed by atoms with Crippen molar-refractivity contribution in [2.24, 2.45) is 0 Å². The summed E-state index contributed by atoms with van der Waals surface area (Å²) in [6.45, 7) is 1.98. The van der Waals surface area contributed by atoms with Crippen molar-refractivity contribution in [3.8, 4) is 11.5 Å². The summed E-state index contributed by atoms with van der Waals surface area (Å²) in [5, 5.41) is 0. The van der Waals surface area contributed by atoms with E-state index in [0.29, 0.717) is 0 Å². The maximum absolute atomic E-state index is 10.8. The molecule has 0 N–H and O–H groups in total. The van der Waals surface area contributed by atoms with Gasteiger partial charge in [0.1, 0.15) is 0 Å². The van der Waals surface area contributed by atoms with E-state index in [1.165, 1.54) is 0 Å². The van der Waals surface area contributed by atoms with E-state index in [-0.39, 0.29) is 11.5 Å². The summed E-state index contributed by atoms with van der Waals surface area (Å²) in [4.78, 5) is 0. The minimum Gasteiger partial charge on any atom is -0.349 e. The van der Waals surface area contributed by atoms with Crippen LogP contribution in [-0.2, 0) is 16.8 Å². The van der Waals surface area contributed by atoms with E-state index in [0.717, 1.165) is 12.0 Å². The van der Waals surface area contributed by atoms with Crippen LogP contribution in [0.3, 0.4) is 0 Å². The number of aryl methyl sites for hydroxylation is 1. The first-order chi connectivity index (χ1) is 6.11. The molecule has 0 unspecified atom stereocenters. The molecule has 13 heavy (non-hydrogen) atoms. The minimum absolute atomic E-state index is 0.261. The summed E-state index contributed by atoms with van der Waals surface area (Å²) < 4.78 is 30.8. The molecule has 0 saturated carbocycles. The lowest BCUT2D eigenvalue weighted by Gasteiger charge is -1.95. The van der Waals surface area contributed by atoms with Crippen LogP contribution in [0.5, 0.6) is 11.5 Å². The molecular formula is C8H8O4S. The molecule has 0 fully saturated rings. The molecule has 70 valence electrons. The Morgan fingerprint density at radius 2 is 1.92 bits per heavy atom. The van der Waals surface area contributed by atoms with Crippen LogP contribution < -0.4 is 8.37 Å². The number of hydrogen-bond acceptors (Lipinski definition) is 4. The Hall–Kier alpha value is -1.23. The van der Waals surface area contributed by atoms with E-state index in [2.05, 4.69) is 8.37 Å². The predicted octanol–water partition coefficient (Wildman–Crippen LogP) is 1.26. The van der Waals surface area contributed by atoms with Crippen LogP contribution in [0, 0.1) is 0 Å². The Kier molecular flexibility index (Phi) is 1.69. The van der Waals surface area contributed by atoms with E-state index in [1.54, 1.807) is 12.1 Å². The van der Waals surface area contributed by atoms with Gasteiger partial charge in [0.2, 0.25) is 0 Å². The van der Waals surface area contributed by atoms with Crippen LogP contribution in [0.2, 0.25) is 0 Å². The van der Waals surface area contributed by atoms with Crippen LogP contribution in [0.4, 0.5) is 0 Å². The lowest BCUT2D eigenvalue weighted by atomic mass is 10.1. The molecule has 0 aromatic heterocycles. The van der Waals surface area contributed by atoms with Crippen molar-refractivity contribution in [2.75, 3.05) is 0 Å². The highest BCUT2D eigenvalue weighted by atomic mass is 32.3. The van der Waals surface area contributed by atoms with Crippen LogP contribution in [-0.4, -0.2) is 8.42 Å². The maximum Gasteiger partial charge on any atom is 0.501 e. The van der Waals surface area contributed by atoms with Crippen molar-refractivity contribution < 1.29 is 16.8 Å². The molecule has 1 aromatic rings. The zero-order valence-electron chi connectivity index (χ0n) is 6.98. The molecule has 0 saturated heterocycles. The molecule has 1 aromatic carbocycles. The summed E-state index contributed by atoms with van der Waals surface area (Å²) in [7, 11) is -3.83. The number of fused-ring (bicyclic) bond motifs is 1. The normalized spacial score (nSPS) is 17.3. The Balaban J connectivity index is 2.47. The van der Waals surface area contributed by atoms with Gasteiger partial charge in [-0.3, -0.25) is 0 Å². The molecule has 2 rings (SSSR count). The molecule has 0 amide bonds. The van der Waals surface area contributed by atoms with Crippen LogP contribution in [0.1, 0.15) is 12.5 Å². The molecule has 0 radical (unpaired) electrons. The standard InChI is InChI=1S/C8H8O4S/c1-2-6-3-4-7-8(5-6)12-13(9,10)11-7/h3-5H,2H2,1H3. The molecule has 0 bridgehead atoms. The second kappa shape index (κ2) is 2.63. The Bertz CT molecular complexity index is 435. The van der Waals surface area contributed by atoms with Crippen molar-refractivity contribution in [3.63, 3.8) is 0 Å². The van der Waals surface area contributed by atoms with Gasteiger partial charge in [0.05, 0.1) is 0 Å². The zero-order chi connectivity index (χ0) is 9.47. The highest BCUT2D eigenvalue weighted by molar-refractivity contribution is 7.82. The summed E-state index contributed by atoms with van der Waals surface area (Å²) in [5.41, 5.74) is 1.01. The number of rotatable bonds is 1. The lowest BCUT2D eigenvalue weighted by molar-refractivity contribution is 0.436.